The van der Waals surface area contributed by atoms with Crippen LogP contribution in [0.3, 0.4) is 0 Å². The molecule has 0 fully saturated rings. The van der Waals surface area contributed by atoms with E-state index in [0.29, 0.717) is 6.04 Å². The third-order valence-corrected chi connectivity index (χ3v) is 2.61. The van der Waals surface area contributed by atoms with E-state index in [4.69, 9.17) is 0 Å². The highest BCUT2D eigenvalue weighted by molar-refractivity contribution is 5.27. The Kier molecular flexibility index (Phi) is 4.57. The second-order valence-corrected chi connectivity index (χ2v) is 4.27. The van der Waals surface area contributed by atoms with Gasteiger partial charge in [0.15, 0.2) is 0 Å². The molecule has 0 radical (unpaired) electrons. The Labute approximate surface area is 93.2 Å². The van der Waals surface area contributed by atoms with E-state index < -0.39 is 0 Å². The van der Waals surface area contributed by atoms with Gasteiger partial charge in [0.1, 0.15) is 0 Å². The third-order valence-electron chi connectivity index (χ3n) is 2.61. The van der Waals surface area contributed by atoms with Crippen molar-refractivity contribution in [1.82, 2.24) is 5.32 Å². The molecule has 1 N–H and O–H groups in total. The molecule has 0 aliphatic rings. The van der Waals surface area contributed by atoms with Crippen LogP contribution in [0.5, 0.6) is 0 Å². The molecule has 1 heteroatoms. The summed E-state index contributed by atoms with van der Waals surface area (Å²) >= 11 is 0. The molecule has 0 bridgehead atoms. The summed E-state index contributed by atoms with van der Waals surface area (Å²) in [6.45, 7) is 6.45. The minimum atomic E-state index is 0.441. The lowest BCUT2D eigenvalue weighted by atomic mass is 10.00. The molecule has 0 saturated heterocycles. The van der Waals surface area contributed by atoms with E-state index in [9.17, 15) is 0 Å². The largest absolute Gasteiger partial charge is 0.313 e. The van der Waals surface area contributed by atoms with Gasteiger partial charge in [-0.15, -0.1) is 0 Å². The van der Waals surface area contributed by atoms with Gasteiger partial charge in [0.2, 0.25) is 0 Å². The summed E-state index contributed by atoms with van der Waals surface area (Å²) in [5.74, 6) is 0. The summed E-state index contributed by atoms with van der Waals surface area (Å²) in [4.78, 5) is 0. The Hall–Kier alpha value is -1.08. The first-order valence-electron chi connectivity index (χ1n) is 5.50. The predicted octanol–water partition coefficient (Wildman–Crippen LogP) is 3.09. The molecule has 1 aromatic carbocycles. The first-order valence-corrected chi connectivity index (χ1v) is 5.50. The van der Waals surface area contributed by atoms with E-state index >= 15 is 0 Å². The van der Waals surface area contributed by atoms with Crippen molar-refractivity contribution in [3.63, 3.8) is 0 Å². The fourth-order valence-electron chi connectivity index (χ4n) is 1.72. The molecule has 0 saturated carbocycles. The fourth-order valence-corrected chi connectivity index (χ4v) is 1.72. The van der Waals surface area contributed by atoms with Gasteiger partial charge >= 0.3 is 0 Å². The molecule has 0 aliphatic heterocycles. The third kappa shape index (κ3) is 3.88. The zero-order valence-corrected chi connectivity index (χ0v) is 10.2. The number of allylic oxidation sites excluding steroid dienone is 1. The molecule has 0 aliphatic carbocycles. The lowest BCUT2D eigenvalue weighted by molar-refractivity contribution is 0.658. The van der Waals surface area contributed by atoms with Crippen LogP contribution in [0.15, 0.2) is 35.9 Å². The lowest BCUT2D eigenvalue weighted by Crippen LogP contribution is -2.25. The molecular weight excluding hydrogens is 182 g/mol. The summed E-state index contributed by atoms with van der Waals surface area (Å²) in [6.07, 6.45) is 3.35. The maximum Gasteiger partial charge on any atom is 0.0290 e. The smallest absolute Gasteiger partial charge is 0.0290 e. The van der Waals surface area contributed by atoms with Gasteiger partial charge in [0, 0.05) is 6.04 Å². The van der Waals surface area contributed by atoms with Gasteiger partial charge in [-0.3, -0.25) is 0 Å². The summed E-state index contributed by atoms with van der Waals surface area (Å²) < 4.78 is 0. The van der Waals surface area contributed by atoms with Crippen LogP contribution >= 0.6 is 0 Å². The van der Waals surface area contributed by atoms with Crippen LogP contribution < -0.4 is 5.32 Å². The van der Waals surface area contributed by atoms with Crippen molar-refractivity contribution >= 4 is 0 Å². The Morgan fingerprint density at radius 3 is 2.53 bits per heavy atom. The molecule has 0 aromatic heterocycles. The van der Waals surface area contributed by atoms with E-state index in [2.05, 4.69) is 56.4 Å². The number of hydrogen-bond acceptors (Lipinski definition) is 1. The number of aryl methyl sites for hydroxylation is 1. The number of nitrogens with one attached hydrogen (secondary N) is 1. The number of rotatable bonds is 4. The van der Waals surface area contributed by atoms with Crippen LogP contribution in [0, 0.1) is 6.92 Å². The lowest BCUT2D eigenvalue weighted by Gasteiger charge is -2.14. The monoisotopic (exact) mass is 203 g/mol. The molecular formula is C14H21N. The van der Waals surface area contributed by atoms with Gasteiger partial charge in [0.25, 0.3) is 0 Å². The Morgan fingerprint density at radius 1 is 1.33 bits per heavy atom. The first-order chi connectivity index (χ1) is 7.13. The van der Waals surface area contributed by atoms with Crippen molar-refractivity contribution < 1.29 is 0 Å². The molecule has 1 rings (SSSR count). The standard InChI is InChI=1S/C14H21N/c1-11(2)9-14(15-4)10-13-8-6-5-7-12(13)3/h5-9,14-15H,10H2,1-4H3. The van der Waals surface area contributed by atoms with Gasteiger partial charge in [-0.1, -0.05) is 35.9 Å². The first kappa shape index (κ1) is 12.0. The average Bonchev–Trinajstić information content (AvgIpc) is 2.19. The minimum Gasteiger partial charge on any atom is -0.313 e. The van der Waals surface area contributed by atoms with Crippen LogP contribution in [-0.4, -0.2) is 13.1 Å². The van der Waals surface area contributed by atoms with Crippen molar-refractivity contribution in [1.29, 1.82) is 0 Å². The summed E-state index contributed by atoms with van der Waals surface area (Å²) in [5, 5.41) is 3.33. The van der Waals surface area contributed by atoms with Gasteiger partial charge in [0.05, 0.1) is 0 Å². The molecule has 1 nitrogen and oxygen atoms in total. The molecule has 1 unspecified atom stereocenters. The normalized spacial score (nSPS) is 12.3. The van der Waals surface area contributed by atoms with E-state index in [-0.39, 0.29) is 0 Å². The van der Waals surface area contributed by atoms with Crippen molar-refractivity contribution in [2.45, 2.75) is 33.2 Å². The Morgan fingerprint density at radius 2 is 2.00 bits per heavy atom. The molecule has 0 amide bonds. The molecule has 0 heterocycles. The summed E-state index contributed by atoms with van der Waals surface area (Å²) in [5.41, 5.74) is 4.16. The van der Waals surface area contributed by atoms with Crippen molar-refractivity contribution in [3.8, 4) is 0 Å². The minimum absolute atomic E-state index is 0.441. The summed E-state index contributed by atoms with van der Waals surface area (Å²) in [7, 11) is 2.02. The maximum absolute atomic E-state index is 3.33. The van der Waals surface area contributed by atoms with E-state index in [1.807, 2.05) is 7.05 Å². The maximum atomic E-state index is 3.33. The number of likely N-dealkylation sites (N-methyl/N-ethyl adjacent to an activating group) is 1. The van der Waals surface area contributed by atoms with E-state index in [1.165, 1.54) is 16.7 Å². The average molecular weight is 203 g/mol. The highest BCUT2D eigenvalue weighted by atomic mass is 14.9. The molecule has 0 spiro atoms. The SMILES string of the molecule is CNC(C=C(C)C)Cc1ccccc1C. The second-order valence-electron chi connectivity index (χ2n) is 4.27. The zero-order chi connectivity index (χ0) is 11.3. The van der Waals surface area contributed by atoms with Crippen LogP contribution in [0.1, 0.15) is 25.0 Å². The fraction of sp³-hybridized carbons (Fsp3) is 0.429. The van der Waals surface area contributed by atoms with Gasteiger partial charge in [-0.2, -0.15) is 0 Å². The zero-order valence-electron chi connectivity index (χ0n) is 10.2. The quantitative estimate of drug-likeness (QED) is 0.741. The molecule has 1 atom stereocenters. The predicted molar refractivity (Wildman–Crippen MR) is 67.2 cm³/mol. The highest BCUT2D eigenvalue weighted by Gasteiger charge is 2.05. The van der Waals surface area contributed by atoms with Crippen molar-refractivity contribution in [3.05, 3.63) is 47.0 Å². The van der Waals surface area contributed by atoms with Crippen molar-refractivity contribution in [2.75, 3.05) is 7.05 Å². The Bertz CT molecular complexity index is 335. The van der Waals surface area contributed by atoms with Gasteiger partial charge < -0.3 is 5.32 Å². The Balaban J connectivity index is 2.75. The topological polar surface area (TPSA) is 12.0 Å². The number of benzene rings is 1. The van der Waals surface area contributed by atoms with Crippen LogP contribution in [-0.2, 0) is 6.42 Å². The van der Waals surface area contributed by atoms with Crippen LogP contribution in [0.4, 0.5) is 0 Å². The summed E-state index contributed by atoms with van der Waals surface area (Å²) in [6, 6.07) is 9.02. The molecule has 1 aromatic rings. The number of hydrogen-bond donors (Lipinski definition) is 1. The van der Waals surface area contributed by atoms with E-state index in [1.54, 1.807) is 0 Å². The molecule has 15 heavy (non-hydrogen) atoms. The second kappa shape index (κ2) is 5.72. The van der Waals surface area contributed by atoms with Crippen LogP contribution in [0.25, 0.3) is 0 Å². The van der Waals surface area contributed by atoms with Crippen LogP contribution in [0.2, 0.25) is 0 Å². The van der Waals surface area contributed by atoms with Crippen molar-refractivity contribution in [2.24, 2.45) is 0 Å². The van der Waals surface area contributed by atoms with E-state index in [0.717, 1.165) is 6.42 Å². The highest BCUT2D eigenvalue weighted by Crippen LogP contribution is 2.11. The molecule has 82 valence electrons. The van der Waals surface area contributed by atoms with Gasteiger partial charge in [-0.05, 0) is 45.4 Å². The van der Waals surface area contributed by atoms with Gasteiger partial charge in [-0.25, -0.2) is 0 Å².